The molecule has 0 aliphatic carbocycles. The van der Waals surface area contributed by atoms with Crippen molar-refractivity contribution in [1.29, 1.82) is 0 Å². The molecule has 23 heavy (non-hydrogen) atoms. The smallest absolute Gasteiger partial charge is 0.314 e. The summed E-state index contributed by atoms with van der Waals surface area (Å²) in [5.74, 6) is -1.10. The van der Waals surface area contributed by atoms with Gasteiger partial charge in [-0.25, -0.2) is 0 Å². The van der Waals surface area contributed by atoms with E-state index in [9.17, 15) is 15.0 Å². The Morgan fingerprint density at radius 3 is 1.35 bits per heavy atom. The molecular formula is C19H38O4. The zero-order valence-corrected chi connectivity index (χ0v) is 15.1. The molecule has 0 spiro atoms. The molecule has 0 bridgehead atoms. The maximum absolute atomic E-state index is 11.1. The summed E-state index contributed by atoms with van der Waals surface area (Å²) in [6.45, 7) is 1.27. The molecule has 0 saturated heterocycles. The van der Waals surface area contributed by atoms with Crippen LogP contribution >= 0.6 is 0 Å². The van der Waals surface area contributed by atoms with E-state index in [1.54, 1.807) is 0 Å². The topological polar surface area (TPSA) is 77.8 Å². The summed E-state index contributed by atoms with van der Waals surface area (Å²) in [6, 6.07) is 0. The molecule has 0 radical (unpaired) electrons. The van der Waals surface area contributed by atoms with Gasteiger partial charge in [-0.3, -0.25) is 4.79 Å². The predicted octanol–water partition coefficient (Wildman–Crippen LogP) is 4.52. The first-order valence-electron chi connectivity index (χ1n) is 9.58. The number of rotatable bonds is 17. The Morgan fingerprint density at radius 2 is 1.04 bits per heavy atom. The summed E-state index contributed by atoms with van der Waals surface area (Å²) in [7, 11) is 0. The Kier molecular flexibility index (Phi) is 14.6. The Bertz CT molecular complexity index is 275. The van der Waals surface area contributed by atoms with E-state index in [0.717, 1.165) is 19.3 Å². The number of aliphatic hydroxyl groups is 2. The second kappa shape index (κ2) is 14.9. The monoisotopic (exact) mass is 330 g/mol. The van der Waals surface area contributed by atoms with Crippen LogP contribution in [0.4, 0.5) is 0 Å². The van der Waals surface area contributed by atoms with Crippen LogP contribution in [0.15, 0.2) is 0 Å². The first-order chi connectivity index (χ1) is 11.1. The van der Waals surface area contributed by atoms with Gasteiger partial charge in [0, 0.05) is 0 Å². The first kappa shape index (κ1) is 22.4. The molecule has 0 aliphatic heterocycles. The zero-order chi connectivity index (χ0) is 17.4. The van der Waals surface area contributed by atoms with Gasteiger partial charge in [-0.15, -0.1) is 0 Å². The third-order valence-electron chi connectivity index (χ3n) is 4.82. The highest BCUT2D eigenvalue weighted by molar-refractivity contribution is 5.74. The summed E-state index contributed by atoms with van der Waals surface area (Å²) in [6.07, 6.45) is 16.5. The maximum Gasteiger partial charge on any atom is 0.314 e. The van der Waals surface area contributed by atoms with Gasteiger partial charge in [-0.2, -0.15) is 0 Å². The second-order valence-electron chi connectivity index (χ2n) is 6.89. The van der Waals surface area contributed by atoms with Crippen molar-refractivity contribution in [2.75, 3.05) is 13.2 Å². The van der Waals surface area contributed by atoms with Gasteiger partial charge in [0.15, 0.2) is 0 Å². The van der Waals surface area contributed by atoms with Gasteiger partial charge in [-0.1, -0.05) is 90.4 Å². The van der Waals surface area contributed by atoms with Crippen LogP contribution in [0.5, 0.6) is 0 Å². The average molecular weight is 331 g/mol. The largest absolute Gasteiger partial charge is 0.481 e. The van der Waals surface area contributed by atoms with Gasteiger partial charge < -0.3 is 15.3 Å². The van der Waals surface area contributed by atoms with Crippen LogP contribution < -0.4 is 0 Å². The number of hydrogen-bond acceptors (Lipinski definition) is 3. The third kappa shape index (κ3) is 10.7. The van der Waals surface area contributed by atoms with E-state index < -0.39 is 24.6 Å². The molecule has 0 rings (SSSR count). The Morgan fingerprint density at radius 1 is 0.696 bits per heavy atom. The van der Waals surface area contributed by atoms with E-state index in [4.69, 9.17) is 5.11 Å². The number of aliphatic carboxylic acids is 1. The number of unbranched alkanes of at least 4 members (excludes halogenated alkanes) is 12. The molecule has 0 aromatic carbocycles. The lowest BCUT2D eigenvalue weighted by Gasteiger charge is -2.24. The van der Waals surface area contributed by atoms with Crippen LogP contribution in [0.1, 0.15) is 96.8 Å². The van der Waals surface area contributed by atoms with Crippen LogP contribution in [-0.2, 0) is 4.79 Å². The van der Waals surface area contributed by atoms with Crippen LogP contribution in [0, 0.1) is 5.41 Å². The SMILES string of the molecule is CCCCCCCCCCCCCCCC(CO)(CO)C(=O)O. The molecule has 0 amide bonds. The van der Waals surface area contributed by atoms with Crippen molar-refractivity contribution in [1.82, 2.24) is 0 Å². The minimum atomic E-state index is -1.35. The minimum absolute atomic E-state index is 0.354. The van der Waals surface area contributed by atoms with E-state index in [0.29, 0.717) is 6.42 Å². The highest BCUT2D eigenvalue weighted by Gasteiger charge is 2.36. The van der Waals surface area contributed by atoms with E-state index in [1.807, 2.05) is 0 Å². The van der Waals surface area contributed by atoms with Crippen molar-refractivity contribution in [2.24, 2.45) is 5.41 Å². The van der Waals surface area contributed by atoms with Gasteiger partial charge in [0.1, 0.15) is 5.41 Å². The van der Waals surface area contributed by atoms with E-state index >= 15 is 0 Å². The fourth-order valence-electron chi connectivity index (χ4n) is 2.93. The van der Waals surface area contributed by atoms with Crippen LogP contribution in [0.2, 0.25) is 0 Å². The zero-order valence-electron chi connectivity index (χ0n) is 15.1. The Labute approximate surface area is 142 Å². The number of hydrogen-bond donors (Lipinski definition) is 3. The molecule has 0 aromatic rings. The van der Waals surface area contributed by atoms with Crippen molar-refractivity contribution in [3.8, 4) is 0 Å². The molecule has 3 N–H and O–H groups in total. The molecule has 0 fully saturated rings. The summed E-state index contributed by atoms with van der Waals surface area (Å²) >= 11 is 0. The highest BCUT2D eigenvalue weighted by atomic mass is 16.4. The Hall–Kier alpha value is -0.610. The van der Waals surface area contributed by atoms with Crippen molar-refractivity contribution >= 4 is 5.97 Å². The van der Waals surface area contributed by atoms with E-state index in [1.165, 1.54) is 64.2 Å². The predicted molar refractivity (Wildman–Crippen MR) is 94.6 cm³/mol. The molecule has 0 aromatic heterocycles. The van der Waals surface area contributed by atoms with E-state index in [2.05, 4.69) is 6.92 Å². The number of carboxylic acids is 1. The molecule has 0 heterocycles. The lowest BCUT2D eigenvalue weighted by molar-refractivity contribution is -0.155. The average Bonchev–Trinajstić information content (AvgIpc) is 2.55. The molecule has 138 valence electrons. The molecule has 4 nitrogen and oxygen atoms in total. The summed E-state index contributed by atoms with van der Waals surface area (Å²) in [5.41, 5.74) is -1.35. The van der Waals surface area contributed by atoms with Gasteiger partial charge >= 0.3 is 5.97 Å². The van der Waals surface area contributed by atoms with Crippen LogP contribution in [0.3, 0.4) is 0 Å². The van der Waals surface area contributed by atoms with Crippen molar-refractivity contribution in [3.63, 3.8) is 0 Å². The quantitative estimate of drug-likeness (QED) is 0.343. The van der Waals surface area contributed by atoms with Crippen LogP contribution in [0.25, 0.3) is 0 Å². The molecular weight excluding hydrogens is 292 g/mol. The van der Waals surface area contributed by atoms with E-state index in [-0.39, 0.29) is 0 Å². The van der Waals surface area contributed by atoms with Crippen molar-refractivity contribution < 1.29 is 20.1 Å². The van der Waals surface area contributed by atoms with Gasteiger partial charge in [0.25, 0.3) is 0 Å². The maximum atomic E-state index is 11.1. The fraction of sp³-hybridized carbons (Fsp3) is 0.947. The molecule has 4 heteroatoms. The minimum Gasteiger partial charge on any atom is -0.481 e. The second-order valence-corrected chi connectivity index (χ2v) is 6.89. The summed E-state index contributed by atoms with van der Waals surface area (Å²) in [5, 5.41) is 27.5. The standard InChI is InChI=1S/C19H38O4/c1-2-3-4-5-6-7-8-9-10-11-12-13-14-15-19(16-20,17-21)18(22)23/h20-21H,2-17H2,1H3,(H,22,23). The van der Waals surface area contributed by atoms with Gasteiger partial charge in [0.05, 0.1) is 13.2 Å². The van der Waals surface area contributed by atoms with Crippen molar-refractivity contribution in [2.45, 2.75) is 96.8 Å². The van der Waals surface area contributed by atoms with Crippen LogP contribution in [-0.4, -0.2) is 34.5 Å². The number of carboxylic acid groups (broad SMARTS) is 1. The highest BCUT2D eigenvalue weighted by Crippen LogP contribution is 2.25. The van der Waals surface area contributed by atoms with Gasteiger partial charge in [-0.05, 0) is 6.42 Å². The fourth-order valence-corrected chi connectivity index (χ4v) is 2.93. The Balaban J connectivity index is 3.41. The molecule has 0 unspecified atom stereocenters. The molecule has 0 atom stereocenters. The molecule has 0 saturated carbocycles. The van der Waals surface area contributed by atoms with Crippen molar-refractivity contribution in [3.05, 3.63) is 0 Å². The number of aliphatic hydroxyl groups excluding tert-OH is 2. The van der Waals surface area contributed by atoms with Gasteiger partial charge in [0.2, 0.25) is 0 Å². The lowest BCUT2D eigenvalue weighted by atomic mass is 9.84. The molecule has 0 aliphatic rings. The number of carbonyl (C=O) groups is 1. The third-order valence-corrected chi connectivity index (χ3v) is 4.82. The first-order valence-corrected chi connectivity index (χ1v) is 9.58. The summed E-state index contributed by atoms with van der Waals surface area (Å²) in [4.78, 5) is 11.1. The normalized spacial score (nSPS) is 11.8. The summed E-state index contributed by atoms with van der Waals surface area (Å²) < 4.78 is 0. The lowest BCUT2D eigenvalue weighted by Crippen LogP contribution is -2.38.